The van der Waals surface area contributed by atoms with E-state index in [1.54, 1.807) is 0 Å². The third kappa shape index (κ3) is 21.2. The second kappa shape index (κ2) is 19.3. The third-order valence-corrected chi connectivity index (χ3v) is 3.04. The lowest BCUT2D eigenvalue weighted by Gasteiger charge is -2.08. The van der Waals surface area contributed by atoms with Crippen LogP contribution in [0.5, 0.6) is 0 Å². The zero-order valence-corrected chi connectivity index (χ0v) is 13.0. The molecule has 0 bridgehead atoms. The highest BCUT2D eigenvalue weighted by atomic mass is 16.3. The number of aliphatic hydroxyl groups is 2. The van der Waals surface area contributed by atoms with Crippen molar-refractivity contribution in [2.75, 3.05) is 6.61 Å². The topological polar surface area (TPSA) is 40.5 Å². The first-order valence-corrected chi connectivity index (χ1v) is 8.01. The minimum atomic E-state index is -0.0263. The number of rotatable bonds is 11. The minimum absolute atomic E-state index is 0.0263. The summed E-state index contributed by atoms with van der Waals surface area (Å²) in [4.78, 5) is 0. The maximum Gasteiger partial charge on any atom is 0.0540 e. The Hall–Kier alpha value is -0.0800. The highest BCUT2D eigenvalue weighted by Crippen LogP contribution is 2.10. The smallest absolute Gasteiger partial charge is 0.0540 e. The van der Waals surface area contributed by atoms with Crippen LogP contribution in [0.3, 0.4) is 0 Å². The molecule has 1 unspecified atom stereocenters. The first kappa shape index (κ1) is 20.2. The van der Waals surface area contributed by atoms with Crippen LogP contribution in [-0.4, -0.2) is 22.9 Å². The lowest BCUT2D eigenvalue weighted by molar-refractivity contribution is 0.148. The van der Waals surface area contributed by atoms with E-state index in [-0.39, 0.29) is 6.10 Å². The first-order chi connectivity index (χ1) is 8.72. The highest BCUT2D eigenvalue weighted by Gasteiger charge is 2.01. The number of unbranched alkanes of at least 4 members (excludes halogenated alkanes) is 6. The van der Waals surface area contributed by atoms with Crippen molar-refractivity contribution in [1.29, 1.82) is 0 Å². The van der Waals surface area contributed by atoms with Crippen molar-refractivity contribution >= 4 is 0 Å². The molecular formula is C16H36O2. The van der Waals surface area contributed by atoms with Crippen LogP contribution in [0.1, 0.15) is 91.4 Å². The fourth-order valence-corrected chi connectivity index (χ4v) is 1.73. The van der Waals surface area contributed by atoms with Crippen LogP contribution in [0, 0.1) is 0 Å². The highest BCUT2D eigenvalue weighted by molar-refractivity contribution is 4.55. The maximum absolute atomic E-state index is 9.54. The summed E-state index contributed by atoms with van der Waals surface area (Å²) in [6.07, 6.45) is 12.9. The Kier molecular flexibility index (Phi) is 21.7. The van der Waals surface area contributed by atoms with Crippen molar-refractivity contribution in [3.05, 3.63) is 0 Å². The summed E-state index contributed by atoms with van der Waals surface area (Å²) in [6, 6.07) is 0. The van der Waals surface area contributed by atoms with E-state index in [0.29, 0.717) is 6.61 Å². The van der Waals surface area contributed by atoms with Crippen molar-refractivity contribution in [3.63, 3.8) is 0 Å². The van der Waals surface area contributed by atoms with E-state index < -0.39 is 0 Å². The summed E-state index contributed by atoms with van der Waals surface area (Å²) in [5, 5.41) is 17.6. The maximum atomic E-state index is 9.54. The Morgan fingerprint density at radius 2 is 1.17 bits per heavy atom. The largest absolute Gasteiger partial charge is 0.396 e. The Balaban J connectivity index is 0. The van der Waals surface area contributed by atoms with Crippen LogP contribution in [0.2, 0.25) is 0 Å². The molecule has 0 aromatic rings. The summed E-state index contributed by atoms with van der Waals surface area (Å²) in [7, 11) is 0. The van der Waals surface area contributed by atoms with Crippen molar-refractivity contribution in [2.24, 2.45) is 0 Å². The van der Waals surface area contributed by atoms with Gasteiger partial charge in [0.05, 0.1) is 6.10 Å². The molecule has 0 aromatic heterocycles. The van der Waals surface area contributed by atoms with Crippen LogP contribution in [0.4, 0.5) is 0 Å². The van der Waals surface area contributed by atoms with E-state index in [4.69, 9.17) is 5.11 Å². The Morgan fingerprint density at radius 3 is 1.61 bits per heavy atom. The lowest BCUT2D eigenvalue weighted by atomic mass is 10.0. The van der Waals surface area contributed by atoms with Crippen molar-refractivity contribution in [2.45, 2.75) is 97.5 Å². The fourth-order valence-electron chi connectivity index (χ4n) is 1.73. The van der Waals surface area contributed by atoms with Gasteiger partial charge in [-0.3, -0.25) is 0 Å². The summed E-state index contributed by atoms with van der Waals surface area (Å²) in [5.41, 5.74) is 0. The van der Waals surface area contributed by atoms with Gasteiger partial charge in [0.2, 0.25) is 0 Å². The molecule has 0 aliphatic rings. The fraction of sp³-hybridized carbons (Fsp3) is 1.00. The predicted molar refractivity (Wildman–Crippen MR) is 80.9 cm³/mol. The Labute approximate surface area is 115 Å². The standard InChI is InChI=1S/C12H26O.C4H10O/c1-3-5-7-8-9-11-12(13)10-6-4-2;1-2-3-4-5/h12-13H,3-11H2,1-2H3;5H,2-4H2,1H3. The van der Waals surface area contributed by atoms with Crippen LogP contribution in [0.15, 0.2) is 0 Å². The zero-order chi connectivity index (χ0) is 14.1. The van der Waals surface area contributed by atoms with E-state index in [9.17, 15) is 5.11 Å². The van der Waals surface area contributed by atoms with Gasteiger partial charge in [-0.2, -0.15) is 0 Å². The van der Waals surface area contributed by atoms with Crippen molar-refractivity contribution in [3.8, 4) is 0 Å². The minimum Gasteiger partial charge on any atom is -0.396 e. The van der Waals surface area contributed by atoms with Gasteiger partial charge in [-0.15, -0.1) is 0 Å². The molecule has 112 valence electrons. The number of hydrogen-bond donors (Lipinski definition) is 2. The number of hydrogen-bond acceptors (Lipinski definition) is 2. The molecule has 0 radical (unpaired) electrons. The molecule has 2 nitrogen and oxygen atoms in total. The van der Waals surface area contributed by atoms with E-state index in [1.165, 1.54) is 44.9 Å². The molecule has 0 aliphatic carbocycles. The Morgan fingerprint density at radius 1 is 0.667 bits per heavy atom. The summed E-state index contributed by atoms with van der Waals surface area (Å²) >= 11 is 0. The summed E-state index contributed by atoms with van der Waals surface area (Å²) in [6.45, 7) is 6.80. The van der Waals surface area contributed by atoms with Crippen LogP contribution in [0.25, 0.3) is 0 Å². The quantitative estimate of drug-likeness (QED) is 0.530. The van der Waals surface area contributed by atoms with Gasteiger partial charge < -0.3 is 10.2 Å². The zero-order valence-electron chi connectivity index (χ0n) is 13.0. The summed E-state index contributed by atoms with van der Waals surface area (Å²) < 4.78 is 0. The average molecular weight is 260 g/mol. The lowest BCUT2D eigenvalue weighted by Crippen LogP contribution is -2.05. The van der Waals surface area contributed by atoms with Crippen LogP contribution >= 0.6 is 0 Å². The van der Waals surface area contributed by atoms with E-state index >= 15 is 0 Å². The molecule has 0 heterocycles. The summed E-state index contributed by atoms with van der Waals surface area (Å²) in [5.74, 6) is 0. The molecule has 2 N–H and O–H groups in total. The molecule has 0 aromatic carbocycles. The molecule has 0 aliphatic heterocycles. The van der Waals surface area contributed by atoms with Crippen molar-refractivity contribution < 1.29 is 10.2 Å². The molecule has 0 spiro atoms. The molecule has 0 fully saturated rings. The predicted octanol–water partition coefficient (Wildman–Crippen LogP) is 4.68. The van der Waals surface area contributed by atoms with Gasteiger partial charge in [0.1, 0.15) is 0 Å². The normalized spacial score (nSPS) is 11.8. The van der Waals surface area contributed by atoms with E-state index in [1.807, 2.05) is 0 Å². The molecular weight excluding hydrogens is 224 g/mol. The monoisotopic (exact) mass is 260 g/mol. The van der Waals surface area contributed by atoms with Crippen LogP contribution in [-0.2, 0) is 0 Å². The SMILES string of the molecule is CCCCCCCC(O)CCCC.CCCCO. The average Bonchev–Trinajstić information content (AvgIpc) is 2.38. The van der Waals surface area contributed by atoms with Gasteiger partial charge in [-0.25, -0.2) is 0 Å². The first-order valence-electron chi connectivity index (χ1n) is 8.01. The molecule has 0 saturated heterocycles. The van der Waals surface area contributed by atoms with Gasteiger partial charge in [0, 0.05) is 6.61 Å². The number of aliphatic hydroxyl groups excluding tert-OH is 2. The second-order valence-corrected chi connectivity index (χ2v) is 5.08. The van der Waals surface area contributed by atoms with E-state index in [0.717, 1.165) is 25.7 Å². The van der Waals surface area contributed by atoms with Gasteiger partial charge >= 0.3 is 0 Å². The second-order valence-electron chi connectivity index (χ2n) is 5.08. The van der Waals surface area contributed by atoms with Gasteiger partial charge in [-0.1, -0.05) is 72.1 Å². The molecule has 0 saturated carbocycles. The third-order valence-electron chi connectivity index (χ3n) is 3.04. The van der Waals surface area contributed by atoms with Gasteiger partial charge in [-0.05, 0) is 19.3 Å². The van der Waals surface area contributed by atoms with Crippen molar-refractivity contribution in [1.82, 2.24) is 0 Å². The van der Waals surface area contributed by atoms with Crippen LogP contribution < -0.4 is 0 Å². The molecule has 18 heavy (non-hydrogen) atoms. The Bertz CT molecular complexity index is 124. The molecule has 2 heteroatoms. The molecule has 0 rings (SSSR count). The van der Waals surface area contributed by atoms with Gasteiger partial charge in [0.25, 0.3) is 0 Å². The molecule has 1 atom stereocenters. The van der Waals surface area contributed by atoms with E-state index in [2.05, 4.69) is 20.8 Å². The molecule has 0 amide bonds. The van der Waals surface area contributed by atoms with Gasteiger partial charge in [0.15, 0.2) is 0 Å².